The molecule has 0 bridgehead atoms. The molecule has 0 radical (unpaired) electrons. The van der Waals surface area contributed by atoms with Crippen molar-refractivity contribution in [1.29, 1.82) is 0 Å². The van der Waals surface area contributed by atoms with Crippen LogP contribution in [0.1, 0.15) is 32.2 Å². The third-order valence-electron chi connectivity index (χ3n) is 5.76. The quantitative estimate of drug-likeness (QED) is 0.531. The van der Waals surface area contributed by atoms with Crippen LogP contribution in [0.25, 0.3) is 11.4 Å². The first kappa shape index (κ1) is 23.9. The van der Waals surface area contributed by atoms with Crippen molar-refractivity contribution < 1.29 is 23.4 Å². The highest BCUT2D eigenvalue weighted by Gasteiger charge is 2.35. The summed E-state index contributed by atoms with van der Waals surface area (Å²) >= 11 is 6.18. The molecule has 1 aromatic heterocycles. The average molecular weight is 491 g/mol. The first-order valence-electron chi connectivity index (χ1n) is 10.9. The van der Waals surface area contributed by atoms with Crippen LogP contribution in [0.15, 0.2) is 36.4 Å². The van der Waals surface area contributed by atoms with Gasteiger partial charge in [0.15, 0.2) is 5.82 Å². The van der Waals surface area contributed by atoms with E-state index in [-0.39, 0.29) is 18.4 Å². The summed E-state index contributed by atoms with van der Waals surface area (Å²) in [5.74, 6) is 0.516. The Hall–Kier alpha value is -3.20. The van der Waals surface area contributed by atoms with E-state index in [1.165, 1.54) is 4.90 Å². The van der Waals surface area contributed by atoms with Gasteiger partial charge in [0.05, 0.1) is 12.1 Å². The van der Waals surface area contributed by atoms with Crippen molar-refractivity contribution in [3.8, 4) is 17.1 Å². The second kappa shape index (κ2) is 9.21. The lowest BCUT2D eigenvalue weighted by Crippen LogP contribution is -2.53. The third-order valence-corrected chi connectivity index (χ3v) is 5.99. The Labute approximate surface area is 200 Å². The highest BCUT2D eigenvalue weighted by Crippen LogP contribution is 2.34. The highest BCUT2D eigenvalue weighted by atomic mass is 35.5. The Morgan fingerprint density at radius 2 is 1.97 bits per heavy atom. The standard InChI is InChI=1S/C24H25ClF2N4O3/c1-24(2,3)31(23(32)33)17(11-14-10-16(26)5-6-19(14)27)13-21-28-29-22-18-12-15(25)4-7-20(18)34-9-8-30(21)22/h4-7,10,12,17H,8-9,11,13H2,1-3H3,(H,32,33)/t17-/m1/s1. The van der Waals surface area contributed by atoms with Crippen molar-refractivity contribution in [1.82, 2.24) is 19.7 Å². The molecule has 4 rings (SSSR count). The fourth-order valence-electron chi connectivity index (χ4n) is 4.38. The van der Waals surface area contributed by atoms with E-state index < -0.39 is 29.3 Å². The molecule has 2 aromatic carbocycles. The van der Waals surface area contributed by atoms with Crippen molar-refractivity contribution >= 4 is 17.7 Å². The maximum atomic E-state index is 14.5. The smallest absolute Gasteiger partial charge is 0.408 e. The minimum Gasteiger partial charge on any atom is -0.491 e. The maximum absolute atomic E-state index is 14.5. The van der Waals surface area contributed by atoms with Gasteiger partial charge in [-0.25, -0.2) is 13.6 Å². The molecule has 1 amide bonds. The number of hydrogen-bond acceptors (Lipinski definition) is 4. The van der Waals surface area contributed by atoms with Crippen LogP contribution in [-0.2, 0) is 19.4 Å². The number of fused-ring (bicyclic) bond motifs is 3. The Morgan fingerprint density at radius 3 is 2.68 bits per heavy atom. The largest absolute Gasteiger partial charge is 0.491 e. The number of amides is 1. The zero-order chi connectivity index (χ0) is 24.6. The zero-order valence-corrected chi connectivity index (χ0v) is 19.8. The van der Waals surface area contributed by atoms with Gasteiger partial charge in [-0.1, -0.05) is 11.6 Å². The van der Waals surface area contributed by atoms with Crippen LogP contribution in [0, 0.1) is 11.6 Å². The van der Waals surface area contributed by atoms with Crippen molar-refractivity contribution in [3.05, 3.63) is 64.4 Å². The van der Waals surface area contributed by atoms with E-state index in [1.54, 1.807) is 39.0 Å². The molecule has 1 aliphatic heterocycles. The van der Waals surface area contributed by atoms with E-state index in [0.29, 0.717) is 41.1 Å². The third kappa shape index (κ3) is 4.84. The maximum Gasteiger partial charge on any atom is 0.408 e. The van der Waals surface area contributed by atoms with Crippen molar-refractivity contribution in [2.24, 2.45) is 0 Å². The number of nitrogens with zero attached hydrogens (tertiary/aromatic N) is 4. The second-order valence-electron chi connectivity index (χ2n) is 9.20. The van der Waals surface area contributed by atoms with Gasteiger partial charge >= 0.3 is 6.09 Å². The first-order chi connectivity index (χ1) is 16.0. The molecular weight excluding hydrogens is 466 g/mol. The van der Waals surface area contributed by atoms with Crippen LogP contribution in [0.2, 0.25) is 5.02 Å². The number of carbonyl (C=O) groups is 1. The lowest BCUT2D eigenvalue weighted by atomic mass is 9.95. The van der Waals surface area contributed by atoms with Gasteiger partial charge in [0.1, 0.15) is 29.8 Å². The molecule has 1 N–H and O–H groups in total. The minimum atomic E-state index is -1.16. The van der Waals surface area contributed by atoms with Crippen LogP contribution in [0.3, 0.4) is 0 Å². The topological polar surface area (TPSA) is 80.5 Å². The molecule has 10 heteroatoms. The SMILES string of the molecule is CC(C)(C)N(C(=O)O)[C@H](Cc1cc(F)ccc1F)Cc1nnc2n1CCOc1ccc(Cl)cc1-2. The molecule has 0 spiro atoms. The molecule has 0 aliphatic carbocycles. The fraction of sp³-hybridized carbons (Fsp3) is 0.375. The van der Waals surface area contributed by atoms with Gasteiger partial charge < -0.3 is 14.4 Å². The molecule has 3 aromatic rings. The lowest BCUT2D eigenvalue weighted by Gasteiger charge is -2.39. The van der Waals surface area contributed by atoms with Gasteiger partial charge in [0.2, 0.25) is 0 Å². The van der Waals surface area contributed by atoms with Crippen molar-refractivity contribution in [2.75, 3.05) is 6.61 Å². The number of aromatic nitrogens is 3. The second-order valence-corrected chi connectivity index (χ2v) is 9.64. The molecule has 0 saturated carbocycles. The number of rotatable bonds is 5. The Morgan fingerprint density at radius 1 is 1.21 bits per heavy atom. The molecule has 1 atom stereocenters. The van der Waals surface area contributed by atoms with Crippen LogP contribution in [0.4, 0.5) is 13.6 Å². The number of carboxylic acid groups (broad SMARTS) is 1. The van der Waals surface area contributed by atoms with E-state index in [1.807, 2.05) is 4.57 Å². The summed E-state index contributed by atoms with van der Waals surface area (Å²) in [6.45, 7) is 6.07. The Balaban J connectivity index is 1.76. The van der Waals surface area contributed by atoms with Crippen LogP contribution in [-0.4, -0.2) is 49.1 Å². The number of ether oxygens (including phenoxy) is 1. The van der Waals surface area contributed by atoms with Gasteiger partial charge in [-0.05, 0) is 69.2 Å². The zero-order valence-electron chi connectivity index (χ0n) is 19.1. The molecular formula is C24H25ClF2N4O3. The van der Waals surface area contributed by atoms with Crippen molar-refractivity contribution in [2.45, 2.75) is 51.7 Å². The van der Waals surface area contributed by atoms with Gasteiger partial charge in [0, 0.05) is 23.0 Å². The Kier molecular flexibility index (Phi) is 6.49. The fourth-order valence-corrected chi connectivity index (χ4v) is 4.55. The van der Waals surface area contributed by atoms with E-state index in [2.05, 4.69) is 10.2 Å². The summed E-state index contributed by atoms with van der Waals surface area (Å²) in [6, 6.07) is 7.68. The molecule has 1 aliphatic rings. The van der Waals surface area contributed by atoms with Crippen LogP contribution in [0.5, 0.6) is 5.75 Å². The summed E-state index contributed by atoms with van der Waals surface area (Å²) in [5, 5.41) is 19.2. The number of halogens is 3. The first-order valence-corrected chi connectivity index (χ1v) is 11.2. The summed E-state index contributed by atoms with van der Waals surface area (Å²) in [4.78, 5) is 13.5. The van der Waals surface area contributed by atoms with E-state index in [4.69, 9.17) is 16.3 Å². The lowest BCUT2D eigenvalue weighted by molar-refractivity contribution is 0.0687. The molecule has 0 saturated heterocycles. The van der Waals surface area contributed by atoms with Gasteiger partial charge in [-0.3, -0.25) is 4.90 Å². The normalized spacial score (nSPS) is 13.9. The molecule has 0 unspecified atom stereocenters. The average Bonchev–Trinajstić information content (AvgIpc) is 3.03. The molecule has 180 valence electrons. The highest BCUT2D eigenvalue weighted by molar-refractivity contribution is 6.30. The predicted molar refractivity (Wildman–Crippen MR) is 123 cm³/mol. The van der Waals surface area contributed by atoms with Gasteiger partial charge in [-0.15, -0.1) is 10.2 Å². The summed E-state index contributed by atoms with van der Waals surface area (Å²) in [7, 11) is 0. The number of benzene rings is 2. The van der Waals surface area contributed by atoms with E-state index in [9.17, 15) is 18.7 Å². The molecule has 7 nitrogen and oxygen atoms in total. The summed E-state index contributed by atoms with van der Waals surface area (Å²) in [6.07, 6.45) is -1.05. The van der Waals surface area contributed by atoms with Gasteiger partial charge in [-0.2, -0.15) is 0 Å². The van der Waals surface area contributed by atoms with E-state index >= 15 is 0 Å². The monoisotopic (exact) mass is 490 g/mol. The molecule has 34 heavy (non-hydrogen) atoms. The van der Waals surface area contributed by atoms with E-state index in [0.717, 1.165) is 18.2 Å². The van der Waals surface area contributed by atoms with Crippen LogP contribution < -0.4 is 4.74 Å². The van der Waals surface area contributed by atoms with Gasteiger partial charge in [0.25, 0.3) is 0 Å². The Bertz CT molecular complexity index is 1230. The minimum absolute atomic E-state index is 0.0335. The summed E-state index contributed by atoms with van der Waals surface area (Å²) in [5.41, 5.74) is -0.0236. The molecule has 0 fully saturated rings. The summed E-state index contributed by atoms with van der Waals surface area (Å²) < 4.78 is 36.1. The van der Waals surface area contributed by atoms with Crippen LogP contribution >= 0.6 is 11.6 Å². The number of hydrogen-bond donors (Lipinski definition) is 1. The predicted octanol–water partition coefficient (Wildman–Crippen LogP) is 5.20. The molecule has 2 heterocycles. The van der Waals surface area contributed by atoms with Crippen molar-refractivity contribution in [3.63, 3.8) is 0 Å².